The fourth-order valence-corrected chi connectivity index (χ4v) is 1.73. The first-order chi connectivity index (χ1) is 6.65. The van der Waals surface area contributed by atoms with Crippen LogP contribution in [0.25, 0.3) is 0 Å². The highest BCUT2D eigenvalue weighted by atomic mass is 79.9. The van der Waals surface area contributed by atoms with Crippen LogP contribution < -0.4 is 0 Å². The summed E-state index contributed by atoms with van der Waals surface area (Å²) < 4.78 is 0. The zero-order chi connectivity index (χ0) is 10.6. The lowest BCUT2D eigenvalue weighted by Gasteiger charge is -2.21. The second-order valence-electron chi connectivity index (χ2n) is 3.86. The topological polar surface area (TPSA) is 37.4 Å². The Morgan fingerprint density at radius 2 is 1.79 bits per heavy atom. The number of imide groups is 1. The van der Waals surface area contributed by atoms with Crippen molar-refractivity contribution in [3.63, 3.8) is 0 Å². The monoisotopic (exact) mass is 261 g/mol. The average Bonchev–Trinajstić information content (AvgIpc) is 2.32. The smallest absolute Gasteiger partial charge is 0.229 e. The predicted molar refractivity (Wildman–Crippen MR) is 58.1 cm³/mol. The van der Waals surface area contributed by atoms with Gasteiger partial charge < -0.3 is 0 Å². The van der Waals surface area contributed by atoms with Crippen molar-refractivity contribution in [1.82, 2.24) is 4.90 Å². The maximum atomic E-state index is 11.6. The van der Waals surface area contributed by atoms with Crippen LogP contribution in [-0.2, 0) is 9.59 Å². The van der Waals surface area contributed by atoms with Crippen molar-refractivity contribution >= 4 is 27.7 Å². The number of carbonyl (C=O) groups excluding carboxylic acids is 2. The number of nitrogens with zero attached hydrogens (tertiary/aromatic N) is 1. The average molecular weight is 262 g/mol. The van der Waals surface area contributed by atoms with Crippen LogP contribution in [0.5, 0.6) is 0 Å². The summed E-state index contributed by atoms with van der Waals surface area (Å²) >= 11 is 3.35. The molecular formula is C10H16BrNO2. The number of carbonyl (C=O) groups is 2. The molecule has 0 saturated carbocycles. The molecule has 0 aromatic carbocycles. The molecular weight excluding hydrogens is 246 g/mol. The van der Waals surface area contributed by atoms with E-state index < -0.39 is 0 Å². The van der Waals surface area contributed by atoms with Crippen molar-refractivity contribution in [3.8, 4) is 0 Å². The summed E-state index contributed by atoms with van der Waals surface area (Å²) in [5.41, 5.74) is 0. The fourth-order valence-electron chi connectivity index (χ4n) is 1.53. The maximum absolute atomic E-state index is 11.6. The van der Waals surface area contributed by atoms with Crippen molar-refractivity contribution in [2.24, 2.45) is 5.92 Å². The lowest BCUT2D eigenvalue weighted by Crippen LogP contribution is -2.38. The van der Waals surface area contributed by atoms with Gasteiger partial charge >= 0.3 is 0 Å². The Labute approximate surface area is 93.0 Å². The normalized spacial score (nSPS) is 20.9. The molecule has 1 saturated heterocycles. The summed E-state index contributed by atoms with van der Waals surface area (Å²) in [6, 6.07) is 0. The van der Waals surface area contributed by atoms with Gasteiger partial charge in [0.15, 0.2) is 0 Å². The van der Waals surface area contributed by atoms with Crippen molar-refractivity contribution in [3.05, 3.63) is 0 Å². The number of rotatable bonds is 3. The third-order valence-corrected chi connectivity index (χ3v) is 3.50. The largest absolute Gasteiger partial charge is 0.282 e. The second kappa shape index (κ2) is 5.49. The van der Waals surface area contributed by atoms with Gasteiger partial charge in [0.25, 0.3) is 0 Å². The van der Waals surface area contributed by atoms with E-state index in [4.69, 9.17) is 0 Å². The van der Waals surface area contributed by atoms with Crippen LogP contribution >= 0.6 is 15.9 Å². The molecule has 1 atom stereocenters. The Morgan fingerprint density at radius 1 is 1.29 bits per heavy atom. The number of halogens is 1. The van der Waals surface area contributed by atoms with Crippen molar-refractivity contribution in [1.29, 1.82) is 0 Å². The van der Waals surface area contributed by atoms with Gasteiger partial charge in [0.1, 0.15) is 0 Å². The number of alkyl halides is 1. The van der Waals surface area contributed by atoms with E-state index in [2.05, 4.69) is 15.9 Å². The van der Waals surface area contributed by atoms with E-state index in [0.29, 0.717) is 25.3 Å². The van der Waals surface area contributed by atoms with Gasteiger partial charge in [-0.25, -0.2) is 0 Å². The van der Waals surface area contributed by atoms with Gasteiger partial charge in [0.05, 0.1) is 0 Å². The molecule has 14 heavy (non-hydrogen) atoms. The summed E-state index contributed by atoms with van der Waals surface area (Å²) in [5.74, 6) is 0.335. The Balaban J connectivity index is 2.60. The van der Waals surface area contributed by atoms with Gasteiger partial charge in [0.2, 0.25) is 11.8 Å². The third kappa shape index (κ3) is 3.08. The van der Waals surface area contributed by atoms with Crippen LogP contribution in [0.2, 0.25) is 0 Å². The molecule has 80 valence electrons. The van der Waals surface area contributed by atoms with Crippen LogP contribution in [-0.4, -0.2) is 28.6 Å². The Bertz CT molecular complexity index is 212. The van der Waals surface area contributed by atoms with E-state index in [1.54, 1.807) is 0 Å². The van der Waals surface area contributed by atoms with E-state index in [-0.39, 0.29) is 11.8 Å². The van der Waals surface area contributed by atoms with Crippen molar-refractivity contribution in [2.75, 3.05) is 11.9 Å². The number of likely N-dealkylation sites (tertiary alicyclic amines) is 1. The lowest BCUT2D eigenvalue weighted by molar-refractivity contribution is -0.144. The summed E-state index contributed by atoms with van der Waals surface area (Å²) in [4.78, 5) is 24.6. The first-order valence-corrected chi connectivity index (χ1v) is 6.16. The molecule has 1 fully saturated rings. The molecule has 0 bridgehead atoms. The highest BCUT2D eigenvalue weighted by Gasteiger charge is 2.24. The van der Waals surface area contributed by atoms with Crippen molar-refractivity contribution in [2.45, 2.75) is 32.6 Å². The van der Waals surface area contributed by atoms with Crippen LogP contribution in [0, 0.1) is 5.92 Å². The highest BCUT2D eigenvalue weighted by Crippen LogP contribution is 2.14. The van der Waals surface area contributed by atoms with Crippen molar-refractivity contribution < 1.29 is 9.59 Å². The van der Waals surface area contributed by atoms with E-state index in [1.807, 2.05) is 6.92 Å². The van der Waals surface area contributed by atoms with Gasteiger partial charge in [-0.2, -0.15) is 0 Å². The standard InChI is InChI=1S/C10H16BrNO2/c1-8(6-11)7-12-9(13)4-2-3-5-10(12)14/h8H,2-7H2,1H3. The number of hydrogen-bond donors (Lipinski definition) is 0. The van der Waals surface area contributed by atoms with Gasteiger partial charge in [-0.05, 0) is 18.8 Å². The lowest BCUT2D eigenvalue weighted by atomic mass is 10.2. The Morgan fingerprint density at radius 3 is 2.21 bits per heavy atom. The third-order valence-electron chi connectivity index (χ3n) is 2.39. The van der Waals surface area contributed by atoms with Gasteiger partial charge in [-0.15, -0.1) is 0 Å². The summed E-state index contributed by atoms with van der Waals surface area (Å²) in [7, 11) is 0. The molecule has 0 N–H and O–H groups in total. The highest BCUT2D eigenvalue weighted by molar-refractivity contribution is 9.09. The molecule has 3 nitrogen and oxygen atoms in total. The van der Waals surface area contributed by atoms with Gasteiger partial charge in [0, 0.05) is 24.7 Å². The first-order valence-electron chi connectivity index (χ1n) is 5.04. The van der Waals surface area contributed by atoms with Crippen LogP contribution in [0.15, 0.2) is 0 Å². The van der Waals surface area contributed by atoms with E-state index in [0.717, 1.165) is 18.2 Å². The minimum Gasteiger partial charge on any atom is -0.282 e. The zero-order valence-electron chi connectivity index (χ0n) is 8.46. The van der Waals surface area contributed by atoms with Crippen LogP contribution in [0.1, 0.15) is 32.6 Å². The summed E-state index contributed by atoms with van der Waals surface area (Å²) in [6.07, 6.45) is 2.76. The SMILES string of the molecule is CC(CBr)CN1C(=O)CCCCC1=O. The second-order valence-corrected chi connectivity index (χ2v) is 4.51. The molecule has 0 aromatic rings. The van der Waals surface area contributed by atoms with E-state index >= 15 is 0 Å². The molecule has 1 rings (SSSR count). The molecule has 2 amide bonds. The predicted octanol–water partition coefficient (Wildman–Crippen LogP) is 1.95. The van der Waals surface area contributed by atoms with E-state index in [9.17, 15) is 9.59 Å². The molecule has 1 aliphatic heterocycles. The molecule has 1 heterocycles. The number of amides is 2. The molecule has 0 aliphatic carbocycles. The first kappa shape index (κ1) is 11.7. The minimum atomic E-state index is 0.000278. The number of hydrogen-bond acceptors (Lipinski definition) is 2. The Kier molecular flexibility index (Phi) is 4.58. The molecule has 0 radical (unpaired) electrons. The Hall–Kier alpha value is -0.380. The van der Waals surface area contributed by atoms with Crippen LogP contribution in [0.3, 0.4) is 0 Å². The molecule has 1 aliphatic rings. The fraction of sp³-hybridized carbons (Fsp3) is 0.800. The minimum absolute atomic E-state index is 0.000278. The quantitative estimate of drug-likeness (QED) is 0.575. The molecule has 1 unspecified atom stereocenters. The molecule has 0 aromatic heterocycles. The summed E-state index contributed by atoms with van der Waals surface area (Å²) in [6.45, 7) is 2.59. The zero-order valence-corrected chi connectivity index (χ0v) is 10.0. The molecule has 4 heteroatoms. The van der Waals surface area contributed by atoms with Gasteiger partial charge in [-0.1, -0.05) is 22.9 Å². The van der Waals surface area contributed by atoms with E-state index in [1.165, 1.54) is 4.90 Å². The summed E-state index contributed by atoms with van der Waals surface area (Å²) in [5, 5.41) is 0.823. The maximum Gasteiger partial charge on any atom is 0.229 e. The molecule has 0 spiro atoms. The van der Waals surface area contributed by atoms with Crippen LogP contribution in [0.4, 0.5) is 0 Å². The van der Waals surface area contributed by atoms with Gasteiger partial charge in [-0.3, -0.25) is 14.5 Å².